The lowest BCUT2D eigenvalue weighted by atomic mass is 9.85. The van der Waals surface area contributed by atoms with Crippen molar-refractivity contribution in [3.8, 4) is 0 Å². The summed E-state index contributed by atoms with van der Waals surface area (Å²) in [5.74, 6) is -0.793. The van der Waals surface area contributed by atoms with E-state index in [-0.39, 0.29) is 30.1 Å². The summed E-state index contributed by atoms with van der Waals surface area (Å²) in [5.41, 5.74) is 0.212. The Kier molecular flexibility index (Phi) is 7.07. The van der Waals surface area contributed by atoms with Gasteiger partial charge in [-0.15, -0.1) is 0 Å². The summed E-state index contributed by atoms with van der Waals surface area (Å²) < 4.78 is 0. The zero-order valence-corrected chi connectivity index (χ0v) is 15.9. The normalized spacial score (nSPS) is 25.0. The van der Waals surface area contributed by atoms with Crippen molar-refractivity contribution >= 4 is 12.0 Å². The largest absolute Gasteiger partial charge is 0.480 e. The highest BCUT2D eigenvalue weighted by Gasteiger charge is 2.36. The van der Waals surface area contributed by atoms with E-state index in [1.165, 1.54) is 25.7 Å². The van der Waals surface area contributed by atoms with Crippen molar-refractivity contribution in [1.29, 1.82) is 0 Å². The van der Waals surface area contributed by atoms with Gasteiger partial charge in [0.1, 0.15) is 0 Å². The highest BCUT2D eigenvalue weighted by molar-refractivity contribution is 5.74. The summed E-state index contributed by atoms with van der Waals surface area (Å²) in [5, 5.41) is 15.0. The van der Waals surface area contributed by atoms with E-state index >= 15 is 0 Å². The Morgan fingerprint density at radius 1 is 1.20 bits per heavy atom. The van der Waals surface area contributed by atoms with E-state index in [0.29, 0.717) is 0 Å². The van der Waals surface area contributed by atoms with Gasteiger partial charge in [-0.25, -0.2) is 4.79 Å². The van der Waals surface area contributed by atoms with Crippen LogP contribution in [0.15, 0.2) is 0 Å². The number of likely N-dealkylation sites (N-methyl/N-ethyl adjacent to an activating group) is 1. The zero-order valence-electron chi connectivity index (χ0n) is 15.9. The molecule has 7 nitrogen and oxygen atoms in total. The number of hydrogen-bond acceptors (Lipinski definition) is 4. The highest BCUT2D eigenvalue weighted by Crippen LogP contribution is 2.38. The molecule has 0 spiro atoms. The van der Waals surface area contributed by atoms with Crippen LogP contribution in [0.3, 0.4) is 0 Å². The monoisotopic (exact) mass is 354 g/mol. The second kappa shape index (κ2) is 8.85. The van der Waals surface area contributed by atoms with Crippen molar-refractivity contribution in [3.05, 3.63) is 0 Å². The molecule has 2 aliphatic carbocycles. The molecule has 0 aromatic rings. The molecule has 25 heavy (non-hydrogen) atoms. The maximum atomic E-state index is 12.2. The van der Waals surface area contributed by atoms with Gasteiger partial charge in [-0.05, 0) is 46.3 Å². The number of amides is 2. The summed E-state index contributed by atoms with van der Waals surface area (Å²) in [7, 11) is 4.18. The molecule has 0 unspecified atom stereocenters. The van der Waals surface area contributed by atoms with Crippen LogP contribution in [0.2, 0.25) is 0 Å². The molecule has 0 radical (unpaired) electrons. The predicted octanol–water partition coefficient (Wildman–Crippen LogP) is 1.35. The van der Waals surface area contributed by atoms with Crippen molar-refractivity contribution < 1.29 is 14.7 Å². The first-order valence-electron chi connectivity index (χ1n) is 9.48. The van der Waals surface area contributed by atoms with Crippen molar-refractivity contribution in [1.82, 2.24) is 20.4 Å². The lowest BCUT2D eigenvalue weighted by molar-refractivity contribution is -0.139. The number of urea groups is 1. The molecule has 2 saturated carbocycles. The van der Waals surface area contributed by atoms with Gasteiger partial charge in [-0.1, -0.05) is 19.8 Å². The molecule has 0 aliphatic heterocycles. The fraction of sp³-hybridized carbons (Fsp3) is 0.889. The SMILES string of the molecule is CCN(CC(=O)O)C1CC(NC(=O)NCC2(CN(C)C)CCCC2)C1. The minimum absolute atomic E-state index is 0.0765. The average Bonchev–Trinajstić information content (AvgIpc) is 2.94. The molecular weight excluding hydrogens is 320 g/mol. The second-order valence-electron chi connectivity index (χ2n) is 8.05. The van der Waals surface area contributed by atoms with Crippen LogP contribution in [-0.4, -0.2) is 79.3 Å². The number of carboxylic acids is 1. The molecule has 7 heteroatoms. The van der Waals surface area contributed by atoms with E-state index < -0.39 is 5.97 Å². The Balaban J connectivity index is 1.70. The predicted molar refractivity (Wildman–Crippen MR) is 97.7 cm³/mol. The van der Waals surface area contributed by atoms with Crippen molar-refractivity contribution in [2.75, 3.05) is 40.3 Å². The molecule has 2 fully saturated rings. The molecule has 3 N–H and O–H groups in total. The van der Waals surface area contributed by atoms with Crippen molar-refractivity contribution in [2.24, 2.45) is 5.41 Å². The molecule has 0 aromatic carbocycles. The fourth-order valence-corrected chi connectivity index (χ4v) is 4.37. The van der Waals surface area contributed by atoms with Gasteiger partial charge in [0.15, 0.2) is 0 Å². The summed E-state index contributed by atoms with van der Waals surface area (Å²) in [4.78, 5) is 27.2. The first kappa shape index (κ1) is 20.0. The van der Waals surface area contributed by atoms with Crippen LogP contribution < -0.4 is 10.6 Å². The van der Waals surface area contributed by atoms with Crippen LogP contribution in [-0.2, 0) is 4.79 Å². The number of rotatable bonds is 9. The lowest BCUT2D eigenvalue weighted by Gasteiger charge is -2.42. The molecule has 0 atom stereocenters. The molecule has 144 valence electrons. The van der Waals surface area contributed by atoms with Crippen LogP contribution in [0.4, 0.5) is 4.79 Å². The average molecular weight is 354 g/mol. The molecule has 2 rings (SSSR count). The van der Waals surface area contributed by atoms with Crippen LogP contribution in [0, 0.1) is 5.41 Å². The highest BCUT2D eigenvalue weighted by atomic mass is 16.4. The van der Waals surface area contributed by atoms with Crippen LogP contribution >= 0.6 is 0 Å². The standard InChI is InChI=1S/C18H34N4O3/c1-4-22(11-16(23)24)15-9-14(10-15)20-17(25)19-12-18(13-21(2)3)7-5-6-8-18/h14-15H,4-13H2,1-3H3,(H,23,24)(H2,19,20,25). The maximum absolute atomic E-state index is 12.2. The lowest BCUT2D eigenvalue weighted by Crippen LogP contribution is -2.57. The van der Waals surface area contributed by atoms with E-state index in [1.54, 1.807) is 0 Å². The Morgan fingerprint density at radius 3 is 2.36 bits per heavy atom. The third-order valence-electron chi connectivity index (χ3n) is 5.65. The summed E-state index contributed by atoms with van der Waals surface area (Å²) >= 11 is 0. The number of aliphatic carboxylic acids is 1. The van der Waals surface area contributed by atoms with Gasteiger partial charge in [0.05, 0.1) is 6.54 Å². The van der Waals surface area contributed by atoms with Crippen LogP contribution in [0.5, 0.6) is 0 Å². The van der Waals surface area contributed by atoms with E-state index in [2.05, 4.69) is 29.6 Å². The van der Waals surface area contributed by atoms with E-state index in [9.17, 15) is 9.59 Å². The van der Waals surface area contributed by atoms with Crippen LogP contribution in [0.1, 0.15) is 45.4 Å². The molecular formula is C18H34N4O3. The van der Waals surface area contributed by atoms with Gasteiger partial charge in [-0.2, -0.15) is 0 Å². The first-order chi connectivity index (χ1) is 11.8. The van der Waals surface area contributed by atoms with Gasteiger partial charge in [-0.3, -0.25) is 9.69 Å². The van der Waals surface area contributed by atoms with Gasteiger partial charge in [0, 0.05) is 30.6 Å². The Labute approximate surface area is 151 Å². The summed E-state index contributed by atoms with van der Waals surface area (Å²) in [6.07, 6.45) is 6.51. The van der Waals surface area contributed by atoms with Gasteiger partial charge in [0.25, 0.3) is 0 Å². The summed E-state index contributed by atoms with van der Waals surface area (Å²) in [6, 6.07) is 0.331. The zero-order chi connectivity index (χ0) is 18.4. The third-order valence-corrected chi connectivity index (χ3v) is 5.65. The molecule has 0 saturated heterocycles. The second-order valence-corrected chi connectivity index (χ2v) is 8.05. The maximum Gasteiger partial charge on any atom is 0.317 e. The number of carboxylic acid groups (broad SMARTS) is 1. The first-order valence-corrected chi connectivity index (χ1v) is 9.48. The quantitative estimate of drug-likeness (QED) is 0.582. The van der Waals surface area contributed by atoms with Crippen molar-refractivity contribution in [3.63, 3.8) is 0 Å². The number of carbonyl (C=O) groups excluding carboxylic acids is 1. The number of carbonyl (C=O) groups is 2. The molecule has 2 amide bonds. The Bertz CT molecular complexity index is 457. The van der Waals surface area contributed by atoms with Gasteiger partial charge < -0.3 is 20.6 Å². The topological polar surface area (TPSA) is 84.9 Å². The number of nitrogens with one attached hydrogen (secondary N) is 2. The fourth-order valence-electron chi connectivity index (χ4n) is 4.37. The number of nitrogens with zero attached hydrogens (tertiary/aromatic N) is 2. The third kappa shape index (κ3) is 5.85. The van der Waals surface area contributed by atoms with E-state index in [4.69, 9.17) is 5.11 Å². The van der Waals surface area contributed by atoms with Crippen molar-refractivity contribution in [2.45, 2.75) is 57.5 Å². The minimum Gasteiger partial charge on any atom is -0.480 e. The van der Waals surface area contributed by atoms with E-state index in [1.807, 2.05) is 11.8 Å². The van der Waals surface area contributed by atoms with E-state index in [0.717, 1.165) is 32.5 Å². The Morgan fingerprint density at radius 2 is 1.84 bits per heavy atom. The number of hydrogen-bond donors (Lipinski definition) is 3. The van der Waals surface area contributed by atoms with Gasteiger partial charge >= 0.3 is 12.0 Å². The Hall–Kier alpha value is -1.34. The molecule has 0 heterocycles. The molecule has 0 bridgehead atoms. The summed E-state index contributed by atoms with van der Waals surface area (Å²) in [6.45, 7) is 4.52. The van der Waals surface area contributed by atoms with Crippen LogP contribution in [0.25, 0.3) is 0 Å². The minimum atomic E-state index is -0.793. The molecule has 2 aliphatic rings. The molecule has 0 aromatic heterocycles. The smallest absolute Gasteiger partial charge is 0.317 e. The van der Waals surface area contributed by atoms with Gasteiger partial charge in [0.2, 0.25) is 0 Å².